The largest absolute Gasteiger partial charge is 0.391 e. The number of hydrogen-bond acceptors (Lipinski definition) is 4. The van der Waals surface area contributed by atoms with Crippen molar-refractivity contribution < 1.29 is 10.3 Å². The van der Waals surface area contributed by atoms with Crippen LogP contribution in [0.3, 0.4) is 0 Å². The molecule has 0 saturated heterocycles. The molecule has 1 aromatic carbocycles. The Labute approximate surface area is 141 Å². The van der Waals surface area contributed by atoms with E-state index in [1.807, 2.05) is 31.2 Å². The maximum atomic E-state index is 10.3. The molecule has 1 aromatic heterocycles. The fourth-order valence-electron chi connectivity index (χ4n) is 2.85. The fourth-order valence-corrected chi connectivity index (χ4v) is 2.85. The van der Waals surface area contributed by atoms with Gasteiger partial charge in [-0.2, -0.15) is 5.06 Å². The van der Waals surface area contributed by atoms with Gasteiger partial charge < -0.3 is 26.8 Å². The number of aliphatic imine (C=N–C) groups is 1. The Kier molecular flexibility index (Phi) is 6.60. The number of guanidine groups is 1. The second-order valence-corrected chi connectivity index (χ2v) is 6.06. The maximum Gasteiger partial charge on any atom is 0.185 e. The number of rotatable bonds is 9. The topological polar surface area (TPSA) is 124 Å². The minimum atomic E-state index is -0.634. The summed E-state index contributed by atoms with van der Waals surface area (Å²) < 4.78 is 0. The predicted molar refractivity (Wildman–Crippen MR) is 96.0 cm³/mol. The van der Waals surface area contributed by atoms with Crippen molar-refractivity contribution in [2.45, 2.75) is 32.3 Å². The van der Waals surface area contributed by atoms with Crippen LogP contribution < -0.4 is 11.5 Å². The summed E-state index contributed by atoms with van der Waals surface area (Å²) in [6.45, 7) is 3.24. The highest BCUT2D eigenvalue weighted by molar-refractivity contribution is 5.84. The van der Waals surface area contributed by atoms with E-state index in [1.54, 1.807) is 0 Å². The number of hydroxylamine groups is 2. The Hall–Kier alpha value is -2.09. The Morgan fingerprint density at radius 3 is 2.79 bits per heavy atom. The molecule has 1 unspecified atom stereocenters. The monoisotopic (exact) mass is 333 g/mol. The van der Waals surface area contributed by atoms with Gasteiger partial charge in [-0.15, -0.1) is 0 Å². The molecular weight excluding hydrogens is 306 g/mol. The molecule has 2 rings (SSSR count). The number of aryl methyl sites for hydroxylation is 1. The number of aromatic nitrogens is 1. The van der Waals surface area contributed by atoms with Gasteiger partial charge in [0.2, 0.25) is 0 Å². The molecule has 24 heavy (non-hydrogen) atoms. The van der Waals surface area contributed by atoms with Crippen molar-refractivity contribution in [1.29, 1.82) is 0 Å². The minimum absolute atomic E-state index is 0.0837. The van der Waals surface area contributed by atoms with Gasteiger partial charge in [-0.3, -0.25) is 4.99 Å². The summed E-state index contributed by atoms with van der Waals surface area (Å²) in [6, 6.07) is 8.03. The number of hydrogen-bond donors (Lipinski definition) is 5. The van der Waals surface area contributed by atoms with Gasteiger partial charge in [0.1, 0.15) is 0 Å². The van der Waals surface area contributed by atoms with Crippen molar-refractivity contribution in [2.75, 3.05) is 19.6 Å². The molecule has 7 nitrogen and oxygen atoms in total. The van der Waals surface area contributed by atoms with Gasteiger partial charge in [-0.25, -0.2) is 0 Å². The van der Waals surface area contributed by atoms with Crippen LogP contribution in [0.4, 0.5) is 0 Å². The average Bonchev–Trinajstić information content (AvgIpc) is 2.82. The van der Waals surface area contributed by atoms with Crippen LogP contribution in [0.2, 0.25) is 0 Å². The molecule has 0 aliphatic rings. The molecule has 0 aliphatic carbocycles. The van der Waals surface area contributed by atoms with E-state index in [0.717, 1.165) is 40.1 Å². The first-order valence-corrected chi connectivity index (χ1v) is 8.21. The summed E-state index contributed by atoms with van der Waals surface area (Å²) in [5.74, 6) is 0.0837. The number of aliphatic hydroxyl groups excluding tert-OH is 1. The van der Waals surface area contributed by atoms with Crippen molar-refractivity contribution in [1.82, 2.24) is 10.0 Å². The molecule has 2 aromatic rings. The van der Waals surface area contributed by atoms with Gasteiger partial charge in [-0.05, 0) is 31.4 Å². The van der Waals surface area contributed by atoms with E-state index in [9.17, 15) is 10.3 Å². The zero-order valence-electron chi connectivity index (χ0n) is 14.1. The van der Waals surface area contributed by atoms with Gasteiger partial charge >= 0.3 is 0 Å². The van der Waals surface area contributed by atoms with E-state index < -0.39 is 6.10 Å². The lowest BCUT2D eigenvalue weighted by Crippen LogP contribution is -2.32. The molecule has 0 aliphatic heterocycles. The van der Waals surface area contributed by atoms with Gasteiger partial charge in [0.15, 0.2) is 5.96 Å². The lowest BCUT2D eigenvalue weighted by Gasteiger charge is -2.18. The zero-order valence-corrected chi connectivity index (χ0v) is 14.1. The minimum Gasteiger partial charge on any atom is -0.391 e. The van der Waals surface area contributed by atoms with E-state index >= 15 is 0 Å². The van der Waals surface area contributed by atoms with Gasteiger partial charge in [-0.1, -0.05) is 18.2 Å². The fraction of sp³-hybridized carbons (Fsp3) is 0.471. The van der Waals surface area contributed by atoms with Crippen LogP contribution >= 0.6 is 0 Å². The number of nitrogens with two attached hydrogens (primary N) is 2. The first-order chi connectivity index (χ1) is 11.5. The summed E-state index contributed by atoms with van der Waals surface area (Å²) in [4.78, 5) is 7.21. The standard InChI is InChI=1S/C17H27N5O2/c1-12-15(14-6-2-3-7-16(14)21-12)10-13(23)11-22(24)9-5-4-8-20-17(18)19/h2-3,6-7,13,21,23-24H,4-5,8-11H2,1H3,(H4,18,19,20). The summed E-state index contributed by atoms with van der Waals surface area (Å²) in [5, 5.41) is 22.5. The van der Waals surface area contributed by atoms with Crippen LogP contribution in [-0.2, 0) is 6.42 Å². The predicted octanol–water partition coefficient (Wildman–Crippen LogP) is 1.12. The van der Waals surface area contributed by atoms with Crippen LogP contribution in [0.1, 0.15) is 24.1 Å². The molecule has 0 fully saturated rings. The molecule has 0 bridgehead atoms. The van der Waals surface area contributed by atoms with E-state index in [2.05, 4.69) is 9.98 Å². The number of benzene rings is 1. The number of aromatic amines is 1. The summed E-state index contributed by atoms with van der Waals surface area (Å²) >= 11 is 0. The van der Waals surface area contributed by atoms with Crippen molar-refractivity contribution in [3.63, 3.8) is 0 Å². The molecule has 132 valence electrons. The van der Waals surface area contributed by atoms with Gasteiger partial charge in [0.25, 0.3) is 0 Å². The Morgan fingerprint density at radius 1 is 1.29 bits per heavy atom. The molecule has 0 spiro atoms. The van der Waals surface area contributed by atoms with E-state index in [-0.39, 0.29) is 12.5 Å². The van der Waals surface area contributed by atoms with Gasteiger partial charge in [0, 0.05) is 36.1 Å². The number of nitrogens with one attached hydrogen (secondary N) is 1. The number of nitrogens with zero attached hydrogens (tertiary/aromatic N) is 2. The van der Waals surface area contributed by atoms with Crippen LogP contribution in [0.25, 0.3) is 10.9 Å². The number of aliphatic hydroxyl groups is 1. The summed E-state index contributed by atoms with van der Waals surface area (Å²) in [7, 11) is 0. The second-order valence-electron chi connectivity index (χ2n) is 6.06. The molecule has 1 heterocycles. The Balaban J connectivity index is 1.80. The third kappa shape index (κ3) is 5.23. The second kappa shape index (κ2) is 8.68. The van der Waals surface area contributed by atoms with Crippen LogP contribution in [0.5, 0.6) is 0 Å². The molecule has 0 radical (unpaired) electrons. The van der Waals surface area contributed by atoms with Crippen molar-refractivity contribution in [2.24, 2.45) is 16.5 Å². The van der Waals surface area contributed by atoms with Crippen LogP contribution in [0.15, 0.2) is 29.3 Å². The molecule has 0 amide bonds. The average molecular weight is 333 g/mol. The van der Waals surface area contributed by atoms with Gasteiger partial charge in [0.05, 0.1) is 12.6 Å². The SMILES string of the molecule is Cc1[nH]c2ccccc2c1CC(O)CN(O)CCCCN=C(N)N. The first-order valence-electron chi connectivity index (χ1n) is 8.21. The number of para-hydroxylation sites is 1. The smallest absolute Gasteiger partial charge is 0.185 e. The van der Waals surface area contributed by atoms with Crippen molar-refractivity contribution in [3.8, 4) is 0 Å². The molecule has 1 atom stereocenters. The molecule has 7 N–H and O–H groups in total. The molecule has 0 saturated carbocycles. The summed E-state index contributed by atoms with van der Waals surface area (Å²) in [5.41, 5.74) is 13.7. The quantitative estimate of drug-likeness (QED) is 0.204. The number of H-pyrrole nitrogens is 1. The van der Waals surface area contributed by atoms with Crippen LogP contribution in [-0.4, -0.2) is 52.1 Å². The molecular formula is C17H27N5O2. The Bertz CT molecular complexity index is 679. The van der Waals surface area contributed by atoms with Crippen molar-refractivity contribution >= 4 is 16.9 Å². The highest BCUT2D eigenvalue weighted by Crippen LogP contribution is 2.23. The third-order valence-corrected chi connectivity index (χ3v) is 4.01. The number of fused-ring (bicyclic) bond motifs is 1. The normalized spacial score (nSPS) is 12.7. The summed E-state index contributed by atoms with van der Waals surface area (Å²) in [6.07, 6.45) is 1.41. The van der Waals surface area contributed by atoms with E-state index in [4.69, 9.17) is 11.5 Å². The highest BCUT2D eigenvalue weighted by atomic mass is 16.5. The highest BCUT2D eigenvalue weighted by Gasteiger charge is 2.15. The lowest BCUT2D eigenvalue weighted by atomic mass is 10.0. The third-order valence-electron chi connectivity index (χ3n) is 4.01. The van der Waals surface area contributed by atoms with E-state index in [1.165, 1.54) is 0 Å². The van der Waals surface area contributed by atoms with Crippen molar-refractivity contribution in [3.05, 3.63) is 35.5 Å². The Morgan fingerprint density at radius 2 is 2.04 bits per heavy atom. The van der Waals surface area contributed by atoms with E-state index in [0.29, 0.717) is 19.5 Å². The maximum absolute atomic E-state index is 10.3. The lowest BCUT2D eigenvalue weighted by molar-refractivity contribution is -0.113. The van der Waals surface area contributed by atoms with Crippen LogP contribution in [0, 0.1) is 6.92 Å². The number of unbranched alkanes of at least 4 members (excludes halogenated alkanes) is 1. The zero-order chi connectivity index (χ0) is 17.5. The first kappa shape index (κ1) is 18.3. The molecule has 7 heteroatoms.